The van der Waals surface area contributed by atoms with E-state index in [4.69, 9.17) is 23.2 Å². The summed E-state index contributed by atoms with van der Waals surface area (Å²) in [5, 5.41) is 1.25. The molecule has 1 aromatic carbocycles. The Labute approximate surface area is 109 Å². The standard InChI is InChI=1S/C9H6Br2Cl2O/c10-4-8(14)9(11)5-1-2-6(12)7(13)3-5/h1-3,9H,4H2. The van der Waals surface area contributed by atoms with E-state index in [-0.39, 0.29) is 10.6 Å². The van der Waals surface area contributed by atoms with E-state index in [2.05, 4.69) is 31.9 Å². The molecule has 0 aliphatic heterocycles. The Kier molecular flexibility index (Phi) is 4.91. The molecule has 0 radical (unpaired) electrons. The molecule has 0 amide bonds. The monoisotopic (exact) mass is 358 g/mol. The number of hydrogen-bond acceptors (Lipinski definition) is 1. The molecule has 0 saturated carbocycles. The van der Waals surface area contributed by atoms with Crippen LogP contribution in [0.5, 0.6) is 0 Å². The van der Waals surface area contributed by atoms with Crippen LogP contribution in [0.15, 0.2) is 18.2 Å². The zero-order valence-corrected chi connectivity index (χ0v) is 11.6. The fourth-order valence-corrected chi connectivity index (χ4v) is 2.44. The summed E-state index contributed by atoms with van der Waals surface area (Å²) < 4.78 is 0. The number of Topliss-reactive ketones (excluding diaryl/α,β-unsaturated/α-hetero) is 1. The number of alkyl halides is 2. The molecule has 1 aromatic rings. The molecule has 0 fully saturated rings. The highest BCUT2D eigenvalue weighted by molar-refractivity contribution is 9.10. The predicted molar refractivity (Wildman–Crippen MR) is 66.9 cm³/mol. The lowest BCUT2D eigenvalue weighted by atomic mass is 10.1. The lowest BCUT2D eigenvalue weighted by Crippen LogP contribution is -2.07. The summed E-state index contributed by atoms with van der Waals surface area (Å²) in [7, 11) is 0. The minimum Gasteiger partial charge on any atom is -0.297 e. The van der Waals surface area contributed by atoms with Crippen molar-refractivity contribution >= 4 is 60.8 Å². The Bertz CT molecular complexity index is 355. The van der Waals surface area contributed by atoms with Crippen molar-refractivity contribution in [3.63, 3.8) is 0 Å². The average molecular weight is 361 g/mol. The van der Waals surface area contributed by atoms with Crippen molar-refractivity contribution in [3.8, 4) is 0 Å². The lowest BCUT2D eigenvalue weighted by Gasteiger charge is -2.08. The number of carbonyl (C=O) groups is 1. The third-order valence-corrected chi connectivity index (χ3v) is 3.98. The summed E-state index contributed by atoms with van der Waals surface area (Å²) in [6, 6.07) is 5.13. The average Bonchev–Trinajstić information content (AvgIpc) is 2.20. The smallest absolute Gasteiger partial charge is 0.161 e. The van der Waals surface area contributed by atoms with Gasteiger partial charge in [-0.1, -0.05) is 61.1 Å². The van der Waals surface area contributed by atoms with Crippen LogP contribution in [0.3, 0.4) is 0 Å². The number of halogens is 4. The molecule has 0 bridgehead atoms. The van der Waals surface area contributed by atoms with Gasteiger partial charge in [-0.05, 0) is 17.7 Å². The van der Waals surface area contributed by atoms with Crippen LogP contribution < -0.4 is 0 Å². The minimum atomic E-state index is -0.336. The van der Waals surface area contributed by atoms with Crippen LogP contribution in [0.25, 0.3) is 0 Å². The molecule has 0 aromatic heterocycles. The Balaban J connectivity index is 2.96. The van der Waals surface area contributed by atoms with Crippen molar-refractivity contribution in [3.05, 3.63) is 33.8 Å². The van der Waals surface area contributed by atoms with Gasteiger partial charge in [-0.25, -0.2) is 0 Å². The van der Waals surface area contributed by atoms with E-state index in [9.17, 15) is 4.79 Å². The maximum Gasteiger partial charge on any atom is 0.161 e. The highest BCUT2D eigenvalue weighted by Gasteiger charge is 2.16. The molecule has 1 atom stereocenters. The number of benzene rings is 1. The SMILES string of the molecule is O=C(CBr)C(Br)c1ccc(Cl)c(Cl)c1. The minimum absolute atomic E-state index is 0.0448. The van der Waals surface area contributed by atoms with Crippen LogP contribution in [-0.2, 0) is 4.79 Å². The molecule has 76 valence electrons. The summed E-state index contributed by atoms with van der Waals surface area (Å²) >= 11 is 18.0. The van der Waals surface area contributed by atoms with E-state index in [0.29, 0.717) is 15.4 Å². The van der Waals surface area contributed by atoms with Crippen LogP contribution in [0, 0.1) is 0 Å². The molecule has 0 N–H and O–H groups in total. The number of ketones is 1. The van der Waals surface area contributed by atoms with Gasteiger partial charge in [-0.15, -0.1) is 0 Å². The number of carbonyl (C=O) groups excluding carboxylic acids is 1. The lowest BCUT2D eigenvalue weighted by molar-refractivity contribution is -0.116. The van der Waals surface area contributed by atoms with E-state index in [1.807, 2.05) is 0 Å². The van der Waals surface area contributed by atoms with Gasteiger partial charge < -0.3 is 0 Å². The van der Waals surface area contributed by atoms with E-state index >= 15 is 0 Å². The third kappa shape index (κ3) is 2.96. The van der Waals surface area contributed by atoms with Crippen molar-refractivity contribution in [2.75, 3.05) is 5.33 Å². The zero-order valence-electron chi connectivity index (χ0n) is 6.94. The van der Waals surface area contributed by atoms with E-state index in [0.717, 1.165) is 5.56 Å². The van der Waals surface area contributed by atoms with Gasteiger partial charge in [0.25, 0.3) is 0 Å². The fraction of sp³-hybridized carbons (Fsp3) is 0.222. The van der Waals surface area contributed by atoms with Gasteiger partial charge in [0.05, 0.1) is 20.2 Å². The Morgan fingerprint density at radius 3 is 2.50 bits per heavy atom. The molecule has 0 spiro atoms. The molecule has 1 rings (SSSR count). The maximum absolute atomic E-state index is 11.3. The second kappa shape index (κ2) is 5.50. The summed E-state index contributed by atoms with van der Waals surface area (Å²) in [5.41, 5.74) is 0.809. The molecular formula is C9H6Br2Cl2O. The Hall–Kier alpha value is 0.430. The summed E-state index contributed by atoms with van der Waals surface area (Å²) in [6.07, 6.45) is 0. The highest BCUT2D eigenvalue weighted by Crippen LogP contribution is 2.30. The molecule has 1 unspecified atom stereocenters. The van der Waals surface area contributed by atoms with E-state index in [1.165, 1.54) is 0 Å². The van der Waals surface area contributed by atoms with E-state index in [1.54, 1.807) is 18.2 Å². The van der Waals surface area contributed by atoms with E-state index < -0.39 is 0 Å². The molecular weight excluding hydrogens is 355 g/mol. The summed E-state index contributed by atoms with van der Waals surface area (Å²) in [4.78, 5) is 11.0. The van der Waals surface area contributed by atoms with Crippen molar-refractivity contribution in [1.29, 1.82) is 0 Å². The number of rotatable bonds is 3. The second-order valence-electron chi connectivity index (χ2n) is 2.64. The topological polar surface area (TPSA) is 17.1 Å². The molecule has 1 nitrogen and oxygen atoms in total. The van der Waals surface area contributed by atoms with Gasteiger partial charge in [0.1, 0.15) is 0 Å². The largest absolute Gasteiger partial charge is 0.297 e. The maximum atomic E-state index is 11.3. The van der Waals surface area contributed by atoms with Crippen molar-refractivity contribution in [2.45, 2.75) is 4.83 Å². The highest BCUT2D eigenvalue weighted by atomic mass is 79.9. The predicted octanol–water partition coefficient (Wildman–Crippen LogP) is 4.39. The molecule has 0 aliphatic rings. The third-order valence-electron chi connectivity index (χ3n) is 1.65. The summed E-state index contributed by atoms with van der Waals surface area (Å²) in [5.74, 6) is 0.0448. The van der Waals surface area contributed by atoms with Crippen molar-refractivity contribution in [1.82, 2.24) is 0 Å². The first-order chi connectivity index (χ1) is 6.56. The molecule has 0 saturated heterocycles. The van der Waals surface area contributed by atoms with Gasteiger partial charge in [-0.2, -0.15) is 0 Å². The second-order valence-corrected chi connectivity index (χ2v) is 4.93. The molecule has 0 aliphatic carbocycles. The van der Waals surface area contributed by atoms with Gasteiger partial charge in [0, 0.05) is 0 Å². The summed E-state index contributed by atoms with van der Waals surface area (Å²) in [6.45, 7) is 0. The Morgan fingerprint density at radius 2 is 2.00 bits per heavy atom. The van der Waals surface area contributed by atoms with Gasteiger partial charge in [0.15, 0.2) is 5.78 Å². The van der Waals surface area contributed by atoms with Crippen molar-refractivity contribution in [2.24, 2.45) is 0 Å². The number of hydrogen-bond donors (Lipinski definition) is 0. The van der Waals surface area contributed by atoms with Crippen LogP contribution in [0.4, 0.5) is 0 Å². The van der Waals surface area contributed by atoms with Crippen LogP contribution in [0.2, 0.25) is 10.0 Å². The van der Waals surface area contributed by atoms with Gasteiger partial charge >= 0.3 is 0 Å². The normalized spacial score (nSPS) is 12.6. The van der Waals surface area contributed by atoms with Crippen LogP contribution in [-0.4, -0.2) is 11.1 Å². The molecule has 14 heavy (non-hydrogen) atoms. The van der Waals surface area contributed by atoms with Crippen molar-refractivity contribution < 1.29 is 4.79 Å². The zero-order chi connectivity index (χ0) is 10.7. The molecule has 0 heterocycles. The van der Waals surface area contributed by atoms with Gasteiger partial charge in [0.2, 0.25) is 0 Å². The van der Waals surface area contributed by atoms with Gasteiger partial charge in [-0.3, -0.25) is 4.79 Å². The molecule has 5 heteroatoms. The fourth-order valence-electron chi connectivity index (χ4n) is 0.924. The Morgan fingerprint density at radius 1 is 1.36 bits per heavy atom. The first-order valence-electron chi connectivity index (χ1n) is 3.74. The first-order valence-corrected chi connectivity index (χ1v) is 6.53. The van der Waals surface area contributed by atoms with Crippen LogP contribution >= 0.6 is 55.1 Å². The first kappa shape index (κ1) is 12.5. The van der Waals surface area contributed by atoms with Crippen LogP contribution in [0.1, 0.15) is 10.4 Å². The quantitative estimate of drug-likeness (QED) is 0.730.